The molecule has 106 valence electrons. The van der Waals surface area contributed by atoms with Gasteiger partial charge in [0.1, 0.15) is 0 Å². The molecule has 2 N–H and O–H groups in total. The van der Waals surface area contributed by atoms with Crippen LogP contribution in [0.2, 0.25) is 0 Å². The van der Waals surface area contributed by atoms with Crippen LogP contribution in [0.1, 0.15) is 44.6 Å². The second-order valence-electron chi connectivity index (χ2n) is 5.99. The fourth-order valence-electron chi connectivity index (χ4n) is 3.27. The molecule has 1 aliphatic rings. The van der Waals surface area contributed by atoms with E-state index in [1.54, 1.807) is 0 Å². The van der Waals surface area contributed by atoms with Crippen LogP contribution in [0.4, 0.5) is 0 Å². The lowest BCUT2D eigenvalue weighted by molar-refractivity contribution is 0.128. The Morgan fingerprint density at radius 2 is 1.79 bits per heavy atom. The van der Waals surface area contributed by atoms with E-state index in [9.17, 15) is 0 Å². The Kier molecular flexibility index (Phi) is 5.41. The Hall–Kier alpha value is -0.860. The molecule has 19 heavy (non-hydrogen) atoms. The number of rotatable bonds is 5. The van der Waals surface area contributed by atoms with Crippen molar-refractivity contribution in [2.24, 2.45) is 5.73 Å². The Bertz CT molecular complexity index is 355. The monoisotopic (exact) mass is 260 g/mol. The zero-order valence-corrected chi connectivity index (χ0v) is 12.4. The van der Waals surface area contributed by atoms with Gasteiger partial charge in [0.05, 0.1) is 0 Å². The second-order valence-corrected chi connectivity index (χ2v) is 5.99. The summed E-state index contributed by atoms with van der Waals surface area (Å²) in [6, 6.07) is 12.7. The highest BCUT2D eigenvalue weighted by atomic mass is 15.2. The highest BCUT2D eigenvalue weighted by molar-refractivity contribution is 5.16. The Morgan fingerprint density at radius 3 is 2.37 bits per heavy atom. The SMILES string of the molecule is CCC(Cc1ccccc1)N(C)C1CCC(N)CC1. The van der Waals surface area contributed by atoms with Crippen LogP contribution in [0.5, 0.6) is 0 Å². The fourth-order valence-corrected chi connectivity index (χ4v) is 3.27. The average molecular weight is 260 g/mol. The van der Waals surface area contributed by atoms with Crippen molar-refractivity contribution in [3.63, 3.8) is 0 Å². The quantitative estimate of drug-likeness (QED) is 0.881. The largest absolute Gasteiger partial charge is 0.328 e. The third kappa shape index (κ3) is 4.05. The molecular weight excluding hydrogens is 232 g/mol. The topological polar surface area (TPSA) is 29.3 Å². The Balaban J connectivity index is 1.93. The van der Waals surface area contributed by atoms with Gasteiger partial charge in [-0.15, -0.1) is 0 Å². The first-order valence-electron chi connectivity index (χ1n) is 7.72. The molecule has 0 amide bonds. The van der Waals surface area contributed by atoms with Crippen LogP contribution >= 0.6 is 0 Å². The number of nitrogens with two attached hydrogens (primary N) is 1. The zero-order valence-electron chi connectivity index (χ0n) is 12.4. The van der Waals surface area contributed by atoms with Crippen molar-refractivity contribution in [3.8, 4) is 0 Å². The summed E-state index contributed by atoms with van der Waals surface area (Å²) in [6.07, 6.45) is 7.30. The molecule has 1 aromatic rings. The van der Waals surface area contributed by atoms with Crippen LogP contribution in [0.3, 0.4) is 0 Å². The van der Waals surface area contributed by atoms with Gasteiger partial charge in [-0.05, 0) is 51.1 Å². The second kappa shape index (κ2) is 7.06. The highest BCUT2D eigenvalue weighted by Gasteiger charge is 2.25. The van der Waals surface area contributed by atoms with Crippen molar-refractivity contribution in [1.29, 1.82) is 0 Å². The van der Waals surface area contributed by atoms with Crippen LogP contribution in [0, 0.1) is 0 Å². The third-order valence-electron chi connectivity index (χ3n) is 4.68. The van der Waals surface area contributed by atoms with Gasteiger partial charge in [-0.2, -0.15) is 0 Å². The number of hydrogen-bond acceptors (Lipinski definition) is 2. The Labute approximate surface area is 118 Å². The van der Waals surface area contributed by atoms with Gasteiger partial charge in [-0.25, -0.2) is 0 Å². The molecule has 0 aromatic heterocycles. The van der Waals surface area contributed by atoms with Crippen molar-refractivity contribution in [2.75, 3.05) is 7.05 Å². The van der Waals surface area contributed by atoms with E-state index >= 15 is 0 Å². The maximum Gasteiger partial charge on any atom is 0.0133 e. The zero-order chi connectivity index (χ0) is 13.7. The molecule has 2 nitrogen and oxygen atoms in total. The number of nitrogens with zero attached hydrogens (tertiary/aromatic N) is 1. The van der Waals surface area contributed by atoms with Crippen molar-refractivity contribution in [1.82, 2.24) is 4.90 Å². The lowest BCUT2D eigenvalue weighted by Crippen LogP contribution is -2.44. The highest BCUT2D eigenvalue weighted by Crippen LogP contribution is 2.24. The molecule has 1 saturated carbocycles. The first kappa shape index (κ1) is 14.5. The van der Waals surface area contributed by atoms with Gasteiger partial charge in [0.15, 0.2) is 0 Å². The van der Waals surface area contributed by atoms with Crippen molar-refractivity contribution < 1.29 is 0 Å². The summed E-state index contributed by atoms with van der Waals surface area (Å²) in [5.41, 5.74) is 7.46. The van der Waals surface area contributed by atoms with E-state index in [0.717, 1.165) is 12.5 Å². The molecule has 2 rings (SSSR count). The molecule has 0 spiro atoms. The maximum absolute atomic E-state index is 6.01. The van der Waals surface area contributed by atoms with E-state index in [1.165, 1.54) is 37.7 Å². The summed E-state index contributed by atoms with van der Waals surface area (Å²) in [5, 5.41) is 0. The molecule has 1 aliphatic carbocycles. The van der Waals surface area contributed by atoms with E-state index in [0.29, 0.717) is 12.1 Å². The number of hydrogen-bond donors (Lipinski definition) is 1. The molecule has 2 heteroatoms. The number of benzene rings is 1. The van der Waals surface area contributed by atoms with Crippen LogP contribution in [-0.2, 0) is 6.42 Å². The minimum absolute atomic E-state index is 0.443. The van der Waals surface area contributed by atoms with Gasteiger partial charge in [0, 0.05) is 18.1 Å². The van der Waals surface area contributed by atoms with Crippen molar-refractivity contribution in [2.45, 2.75) is 63.6 Å². The standard InChI is InChI=1S/C17H28N2/c1-3-16(13-14-7-5-4-6-8-14)19(2)17-11-9-15(18)10-12-17/h4-8,15-17H,3,9-13,18H2,1-2H3. The minimum atomic E-state index is 0.443. The lowest BCUT2D eigenvalue weighted by atomic mass is 9.89. The van der Waals surface area contributed by atoms with E-state index in [-0.39, 0.29) is 0 Å². The van der Waals surface area contributed by atoms with Gasteiger partial charge < -0.3 is 10.6 Å². The minimum Gasteiger partial charge on any atom is -0.328 e. The lowest BCUT2D eigenvalue weighted by Gasteiger charge is -2.38. The predicted molar refractivity (Wildman–Crippen MR) is 82.2 cm³/mol. The van der Waals surface area contributed by atoms with E-state index in [1.807, 2.05) is 0 Å². The normalized spacial score (nSPS) is 25.5. The van der Waals surface area contributed by atoms with Crippen LogP contribution < -0.4 is 5.73 Å². The van der Waals surface area contributed by atoms with Crippen LogP contribution in [0.25, 0.3) is 0 Å². The molecule has 1 aromatic carbocycles. The van der Waals surface area contributed by atoms with Crippen molar-refractivity contribution >= 4 is 0 Å². The molecule has 0 bridgehead atoms. The molecule has 1 atom stereocenters. The summed E-state index contributed by atoms with van der Waals surface area (Å²) >= 11 is 0. The van der Waals surface area contributed by atoms with Gasteiger partial charge in [-0.3, -0.25) is 0 Å². The predicted octanol–water partition coefficient (Wildman–Crippen LogP) is 3.21. The molecule has 0 saturated heterocycles. The van der Waals surface area contributed by atoms with Crippen LogP contribution in [0.15, 0.2) is 30.3 Å². The first-order chi connectivity index (χ1) is 9.20. The third-order valence-corrected chi connectivity index (χ3v) is 4.68. The molecular formula is C17H28N2. The van der Waals surface area contributed by atoms with E-state index in [4.69, 9.17) is 5.73 Å². The summed E-state index contributed by atoms with van der Waals surface area (Å²) in [5.74, 6) is 0. The van der Waals surface area contributed by atoms with E-state index < -0.39 is 0 Å². The van der Waals surface area contributed by atoms with E-state index in [2.05, 4.69) is 49.2 Å². The van der Waals surface area contributed by atoms with Gasteiger partial charge in [0.2, 0.25) is 0 Å². The van der Waals surface area contributed by atoms with Gasteiger partial charge in [0.25, 0.3) is 0 Å². The molecule has 0 heterocycles. The van der Waals surface area contributed by atoms with Gasteiger partial charge in [-0.1, -0.05) is 37.3 Å². The summed E-state index contributed by atoms with van der Waals surface area (Å²) in [4.78, 5) is 2.61. The summed E-state index contributed by atoms with van der Waals surface area (Å²) in [6.45, 7) is 2.30. The summed E-state index contributed by atoms with van der Waals surface area (Å²) < 4.78 is 0. The summed E-state index contributed by atoms with van der Waals surface area (Å²) in [7, 11) is 2.30. The molecule has 1 unspecified atom stereocenters. The first-order valence-corrected chi connectivity index (χ1v) is 7.72. The molecule has 1 fully saturated rings. The van der Waals surface area contributed by atoms with Crippen molar-refractivity contribution in [3.05, 3.63) is 35.9 Å². The molecule has 0 aliphatic heterocycles. The maximum atomic E-state index is 6.01. The number of likely N-dealkylation sites (N-methyl/N-ethyl adjacent to an activating group) is 1. The van der Waals surface area contributed by atoms with Gasteiger partial charge >= 0.3 is 0 Å². The molecule has 0 radical (unpaired) electrons. The smallest absolute Gasteiger partial charge is 0.0133 e. The van der Waals surface area contributed by atoms with Crippen LogP contribution in [-0.4, -0.2) is 30.1 Å². The average Bonchev–Trinajstić information content (AvgIpc) is 2.46. The fraction of sp³-hybridized carbons (Fsp3) is 0.647. The Morgan fingerprint density at radius 1 is 1.16 bits per heavy atom.